The Kier molecular flexibility index (Phi) is 17.1. The molecule has 0 unspecified atom stereocenters. The quantitative estimate of drug-likeness (QED) is 0.824. The van der Waals surface area contributed by atoms with Crippen LogP contribution < -0.4 is 9.47 Å². The van der Waals surface area contributed by atoms with Crippen molar-refractivity contribution in [2.24, 2.45) is 0 Å². The molecule has 0 fully saturated rings. The maximum Gasteiger partial charge on any atom is 0.212 e. The average Bonchev–Trinajstić information content (AvgIpc) is 2.60. The molecule has 4 heteroatoms. The van der Waals surface area contributed by atoms with E-state index in [4.69, 9.17) is 9.47 Å². The van der Waals surface area contributed by atoms with Crippen molar-refractivity contribution in [3.05, 3.63) is 48.9 Å². The largest absolute Gasteiger partial charge is 0.495 e. The maximum absolute atomic E-state index is 4.85. The van der Waals surface area contributed by atoms with Gasteiger partial charge in [0.2, 0.25) is 5.88 Å². The second-order valence-electron chi connectivity index (χ2n) is 2.76. The second-order valence-corrected chi connectivity index (χ2v) is 2.76. The van der Waals surface area contributed by atoms with Crippen LogP contribution in [-0.4, -0.2) is 24.2 Å². The van der Waals surface area contributed by atoms with E-state index in [9.17, 15) is 0 Å². The summed E-state index contributed by atoms with van der Waals surface area (Å²) in [4.78, 5) is 7.71. The van der Waals surface area contributed by atoms with Crippen molar-refractivity contribution >= 4 is 0 Å². The maximum atomic E-state index is 4.85. The van der Waals surface area contributed by atoms with Crippen LogP contribution in [0.1, 0.15) is 27.7 Å². The van der Waals surface area contributed by atoms with Gasteiger partial charge in [-0.3, -0.25) is 4.98 Å². The van der Waals surface area contributed by atoms with Gasteiger partial charge in [0.1, 0.15) is 5.75 Å². The molecule has 0 aliphatic rings. The molecule has 0 saturated carbocycles. The van der Waals surface area contributed by atoms with Crippen molar-refractivity contribution in [3.63, 3.8) is 0 Å². The fourth-order valence-corrected chi connectivity index (χ4v) is 0.936. The molecule has 0 spiro atoms. The molecule has 0 atom stereocenters. The van der Waals surface area contributed by atoms with Gasteiger partial charge >= 0.3 is 0 Å². The summed E-state index contributed by atoms with van der Waals surface area (Å²) in [5.74, 6) is 1.46. The third-order valence-corrected chi connectivity index (χ3v) is 1.72. The SMILES string of the molecule is CC.CC.COc1ccccn1.COc1cccnc1. The Labute approximate surface area is 122 Å². The molecule has 2 rings (SSSR count). The van der Waals surface area contributed by atoms with Gasteiger partial charge < -0.3 is 9.47 Å². The summed E-state index contributed by atoms with van der Waals surface area (Å²) in [6, 6.07) is 9.22. The van der Waals surface area contributed by atoms with Crippen LogP contribution in [0.25, 0.3) is 0 Å². The predicted octanol–water partition coefficient (Wildman–Crippen LogP) is 4.23. The van der Waals surface area contributed by atoms with Crippen molar-refractivity contribution in [3.8, 4) is 11.6 Å². The van der Waals surface area contributed by atoms with E-state index in [1.165, 1.54) is 0 Å². The van der Waals surface area contributed by atoms with E-state index < -0.39 is 0 Å². The minimum Gasteiger partial charge on any atom is -0.495 e. The van der Waals surface area contributed by atoms with Gasteiger partial charge in [0.25, 0.3) is 0 Å². The van der Waals surface area contributed by atoms with Crippen LogP contribution in [0.15, 0.2) is 48.9 Å². The first-order chi connectivity index (χ1) is 9.86. The molecule has 0 bridgehead atoms. The number of methoxy groups -OCH3 is 2. The number of hydrogen-bond donors (Lipinski definition) is 0. The Morgan fingerprint density at radius 3 is 1.80 bits per heavy atom. The number of hydrogen-bond acceptors (Lipinski definition) is 4. The monoisotopic (exact) mass is 278 g/mol. The fraction of sp³-hybridized carbons (Fsp3) is 0.375. The zero-order valence-electron chi connectivity index (χ0n) is 13.3. The Bertz CT molecular complexity index is 341. The Morgan fingerprint density at radius 2 is 1.50 bits per heavy atom. The fourth-order valence-electron chi connectivity index (χ4n) is 0.936. The lowest BCUT2D eigenvalue weighted by Gasteiger charge is -1.93. The first-order valence-corrected chi connectivity index (χ1v) is 6.76. The molecule has 0 aromatic carbocycles. The van der Waals surface area contributed by atoms with E-state index in [0.717, 1.165) is 5.75 Å². The van der Waals surface area contributed by atoms with Crippen LogP contribution >= 0.6 is 0 Å². The molecule has 0 aliphatic heterocycles. The van der Waals surface area contributed by atoms with Crippen molar-refractivity contribution in [1.29, 1.82) is 0 Å². The summed E-state index contributed by atoms with van der Waals surface area (Å²) in [5.41, 5.74) is 0. The van der Waals surface area contributed by atoms with Gasteiger partial charge in [0.05, 0.1) is 20.4 Å². The number of rotatable bonds is 2. The molecule has 20 heavy (non-hydrogen) atoms. The molecule has 2 aromatic rings. The Balaban J connectivity index is 0. The third kappa shape index (κ3) is 11.0. The summed E-state index contributed by atoms with van der Waals surface area (Å²) >= 11 is 0. The zero-order chi connectivity index (χ0) is 15.6. The molecule has 0 radical (unpaired) electrons. The smallest absolute Gasteiger partial charge is 0.212 e. The van der Waals surface area contributed by atoms with Crippen LogP contribution in [0.5, 0.6) is 11.6 Å². The lowest BCUT2D eigenvalue weighted by Crippen LogP contribution is -1.83. The van der Waals surface area contributed by atoms with Gasteiger partial charge in [-0.1, -0.05) is 33.8 Å². The van der Waals surface area contributed by atoms with Crippen molar-refractivity contribution in [2.45, 2.75) is 27.7 Å². The summed E-state index contributed by atoms with van der Waals surface area (Å²) in [7, 11) is 3.22. The number of ether oxygens (including phenoxy) is 2. The lowest BCUT2D eigenvalue weighted by atomic mass is 10.5. The van der Waals surface area contributed by atoms with Gasteiger partial charge in [-0.15, -0.1) is 0 Å². The van der Waals surface area contributed by atoms with E-state index in [0.29, 0.717) is 5.88 Å². The van der Waals surface area contributed by atoms with Crippen LogP contribution in [0.2, 0.25) is 0 Å². The molecule has 2 heterocycles. The highest BCUT2D eigenvalue weighted by molar-refractivity contribution is 5.14. The zero-order valence-corrected chi connectivity index (χ0v) is 13.3. The van der Waals surface area contributed by atoms with Crippen LogP contribution in [0.4, 0.5) is 0 Å². The third-order valence-electron chi connectivity index (χ3n) is 1.72. The molecular formula is C16H26N2O2. The molecule has 0 saturated heterocycles. The average molecular weight is 278 g/mol. The Hall–Kier alpha value is -2.10. The van der Waals surface area contributed by atoms with E-state index >= 15 is 0 Å². The molecule has 112 valence electrons. The van der Waals surface area contributed by atoms with Crippen molar-refractivity contribution in [1.82, 2.24) is 9.97 Å². The topological polar surface area (TPSA) is 44.2 Å². The van der Waals surface area contributed by atoms with Gasteiger partial charge in [0.15, 0.2) is 0 Å². The van der Waals surface area contributed by atoms with Crippen LogP contribution in [0, 0.1) is 0 Å². The molecule has 0 N–H and O–H groups in total. The Morgan fingerprint density at radius 1 is 0.800 bits per heavy atom. The number of aromatic nitrogens is 2. The lowest BCUT2D eigenvalue weighted by molar-refractivity contribution is 0.398. The minimum absolute atomic E-state index is 0.660. The highest BCUT2D eigenvalue weighted by Gasteiger charge is 1.82. The number of pyridine rings is 2. The van der Waals surface area contributed by atoms with E-state index in [1.54, 1.807) is 38.9 Å². The molecule has 0 aliphatic carbocycles. The first-order valence-electron chi connectivity index (χ1n) is 6.76. The predicted molar refractivity (Wildman–Crippen MR) is 84.3 cm³/mol. The van der Waals surface area contributed by atoms with Gasteiger partial charge in [-0.25, -0.2) is 4.98 Å². The second kappa shape index (κ2) is 16.9. The summed E-state index contributed by atoms with van der Waals surface area (Å²) < 4.78 is 9.65. The van der Waals surface area contributed by atoms with Gasteiger partial charge in [-0.05, 0) is 18.2 Å². The highest BCUT2D eigenvalue weighted by atomic mass is 16.5. The molecule has 2 aromatic heterocycles. The summed E-state index contributed by atoms with van der Waals surface area (Å²) in [6.45, 7) is 8.00. The van der Waals surface area contributed by atoms with Crippen molar-refractivity contribution in [2.75, 3.05) is 14.2 Å². The van der Waals surface area contributed by atoms with Crippen LogP contribution in [0.3, 0.4) is 0 Å². The minimum atomic E-state index is 0.660. The van der Waals surface area contributed by atoms with E-state index in [2.05, 4.69) is 9.97 Å². The summed E-state index contributed by atoms with van der Waals surface area (Å²) in [6.07, 6.45) is 5.07. The standard InChI is InChI=1S/2C6H7NO.2C2H6/c1-8-6-3-2-4-7-5-6;1-8-6-4-2-3-5-7-6;2*1-2/h2*2-5H,1H3;2*1-2H3. The molecule has 4 nitrogen and oxygen atoms in total. The van der Waals surface area contributed by atoms with Crippen LogP contribution in [-0.2, 0) is 0 Å². The van der Waals surface area contributed by atoms with E-state index in [1.807, 2.05) is 52.0 Å². The van der Waals surface area contributed by atoms with Gasteiger partial charge in [-0.2, -0.15) is 0 Å². The normalized spacial score (nSPS) is 7.50. The first kappa shape index (κ1) is 20.2. The summed E-state index contributed by atoms with van der Waals surface area (Å²) in [5, 5.41) is 0. The van der Waals surface area contributed by atoms with Crippen molar-refractivity contribution < 1.29 is 9.47 Å². The number of nitrogens with zero attached hydrogens (tertiary/aromatic N) is 2. The van der Waals surface area contributed by atoms with Gasteiger partial charge in [0, 0.05) is 18.5 Å². The molecule has 0 amide bonds. The molecular weight excluding hydrogens is 252 g/mol. The van der Waals surface area contributed by atoms with E-state index in [-0.39, 0.29) is 0 Å². The highest BCUT2D eigenvalue weighted by Crippen LogP contribution is 2.02.